The predicted octanol–water partition coefficient (Wildman–Crippen LogP) is 2.34. The number of nitrogens with one attached hydrogen (secondary N) is 1. The number of carbonyl (C=O) groups is 1. The minimum absolute atomic E-state index is 0.144. The van der Waals surface area contributed by atoms with Crippen LogP contribution in [0, 0.1) is 12.8 Å². The molecule has 1 aliphatic heterocycles. The summed E-state index contributed by atoms with van der Waals surface area (Å²) >= 11 is 0. The predicted molar refractivity (Wildman–Crippen MR) is 77.8 cm³/mol. The monoisotopic (exact) mass is 260 g/mol. The number of amides is 1. The van der Waals surface area contributed by atoms with Gasteiger partial charge in [0.15, 0.2) is 0 Å². The van der Waals surface area contributed by atoms with Crippen molar-refractivity contribution in [1.29, 1.82) is 0 Å². The molecule has 1 saturated heterocycles. The summed E-state index contributed by atoms with van der Waals surface area (Å²) in [6.45, 7) is 5.78. The van der Waals surface area contributed by atoms with Crippen LogP contribution in [0.15, 0.2) is 24.3 Å². The molecule has 19 heavy (non-hydrogen) atoms. The van der Waals surface area contributed by atoms with Gasteiger partial charge in [-0.2, -0.15) is 0 Å². The molecule has 0 radical (unpaired) electrons. The molecule has 1 fully saturated rings. The first-order chi connectivity index (χ1) is 9.06. The third kappa shape index (κ3) is 3.80. The molecule has 1 aromatic carbocycles. The number of hydrogen-bond donors (Lipinski definition) is 1. The maximum Gasteiger partial charge on any atom is 0.227 e. The first-order valence-electron chi connectivity index (χ1n) is 7.10. The average Bonchev–Trinajstić information content (AvgIpc) is 2.39. The summed E-state index contributed by atoms with van der Waals surface area (Å²) < 4.78 is 0. The zero-order valence-corrected chi connectivity index (χ0v) is 12.1. The van der Waals surface area contributed by atoms with Gasteiger partial charge in [0, 0.05) is 26.2 Å². The van der Waals surface area contributed by atoms with Gasteiger partial charge >= 0.3 is 0 Å². The van der Waals surface area contributed by atoms with Gasteiger partial charge < -0.3 is 10.2 Å². The van der Waals surface area contributed by atoms with Gasteiger partial charge in [-0.15, -0.1) is 0 Å². The summed E-state index contributed by atoms with van der Waals surface area (Å²) in [7, 11) is 1.91. The fourth-order valence-corrected chi connectivity index (χ4v) is 2.68. The Morgan fingerprint density at radius 1 is 1.42 bits per heavy atom. The van der Waals surface area contributed by atoms with Crippen LogP contribution in [0.4, 0.5) is 0 Å². The number of piperidine rings is 1. The fraction of sp³-hybridized carbons (Fsp3) is 0.562. The van der Waals surface area contributed by atoms with Gasteiger partial charge in [-0.05, 0) is 32.3 Å². The maximum absolute atomic E-state index is 12.4. The highest BCUT2D eigenvalue weighted by molar-refractivity contribution is 5.79. The second kappa shape index (κ2) is 6.20. The molecule has 3 heteroatoms. The highest BCUT2D eigenvalue weighted by Crippen LogP contribution is 2.17. The Hall–Kier alpha value is -1.35. The lowest BCUT2D eigenvalue weighted by molar-refractivity contribution is -0.135. The van der Waals surface area contributed by atoms with E-state index in [-0.39, 0.29) is 11.8 Å². The number of rotatable bonds is 3. The smallest absolute Gasteiger partial charge is 0.227 e. The van der Waals surface area contributed by atoms with Crippen LogP contribution in [-0.2, 0) is 11.3 Å². The Morgan fingerprint density at radius 3 is 2.84 bits per heavy atom. The Morgan fingerprint density at radius 2 is 2.21 bits per heavy atom. The number of nitrogens with zero attached hydrogens (tertiary/aromatic N) is 1. The summed E-state index contributed by atoms with van der Waals surface area (Å²) in [6.07, 6.45) is 2.10. The zero-order valence-electron chi connectivity index (χ0n) is 12.1. The first-order valence-corrected chi connectivity index (χ1v) is 7.10. The summed E-state index contributed by atoms with van der Waals surface area (Å²) in [5.41, 5.74) is 2.44. The van der Waals surface area contributed by atoms with E-state index in [4.69, 9.17) is 0 Å². The molecule has 0 saturated carbocycles. The SMILES string of the molecule is Cc1cccc(CN(C)C(=O)C2CCC(C)NC2)c1. The van der Waals surface area contributed by atoms with E-state index >= 15 is 0 Å². The van der Waals surface area contributed by atoms with Gasteiger partial charge in [0.2, 0.25) is 5.91 Å². The van der Waals surface area contributed by atoms with Gasteiger partial charge in [-0.1, -0.05) is 29.8 Å². The molecule has 0 aliphatic carbocycles. The number of carbonyl (C=O) groups excluding carboxylic acids is 1. The Balaban J connectivity index is 1.92. The average molecular weight is 260 g/mol. The molecule has 0 aromatic heterocycles. The quantitative estimate of drug-likeness (QED) is 0.904. The molecule has 2 rings (SSSR count). The van der Waals surface area contributed by atoms with Crippen molar-refractivity contribution in [3.8, 4) is 0 Å². The van der Waals surface area contributed by atoms with Gasteiger partial charge in [-0.25, -0.2) is 0 Å². The standard InChI is InChI=1S/C16H24N2O/c1-12-5-4-6-14(9-12)11-18(3)16(19)15-8-7-13(2)17-10-15/h4-6,9,13,15,17H,7-8,10-11H2,1-3H3. The third-order valence-electron chi connectivity index (χ3n) is 3.89. The fourth-order valence-electron chi connectivity index (χ4n) is 2.68. The molecule has 0 bridgehead atoms. The molecule has 1 heterocycles. The molecule has 1 amide bonds. The second-order valence-corrected chi connectivity index (χ2v) is 5.77. The zero-order chi connectivity index (χ0) is 13.8. The number of hydrogen-bond acceptors (Lipinski definition) is 2. The molecular weight excluding hydrogens is 236 g/mol. The first kappa shape index (κ1) is 14.1. The van der Waals surface area contributed by atoms with E-state index in [1.807, 2.05) is 18.0 Å². The molecule has 2 unspecified atom stereocenters. The van der Waals surface area contributed by atoms with E-state index in [1.54, 1.807) is 0 Å². The topological polar surface area (TPSA) is 32.3 Å². The van der Waals surface area contributed by atoms with Crippen molar-refractivity contribution >= 4 is 5.91 Å². The third-order valence-corrected chi connectivity index (χ3v) is 3.89. The van der Waals surface area contributed by atoms with Crippen LogP contribution in [0.1, 0.15) is 30.9 Å². The van der Waals surface area contributed by atoms with E-state index < -0.39 is 0 Å². The van der Waals surface area contributed by atoms with Crippen molar-refractivity contribution in [3.63, 3.8) is 0 Å². The Kier molecular flexibility index (Phi) is 4.59. The van der Waals surface area contributed by atoms with E-state index in [2.05, 4.69) is 37.4 Å². The summed E-state index contributed by atoms with van der Waals surface area (Å²) in [6, 6.07) is 8.90. The molecule has 1 N–H and O–H groups in total. The molecule has 3 nitrogen and oxygen atoms in total. The van der Waals surface area contributed by atoms with Crippen LogP contribution < -0.4 is 5.32 Å². The highest BCUT2D eigenvalue weighted by Gasteiger charge is 2.26. The lowest BCUT2D eigenvalue weighted by atomic mass is 9.94. The van der Waals surface area contributed by atoms with Crippen LogP contribution in [0.5, 0.6) is 0 Å². The summed E-state index contributed by atoms with van der Waals surface area (Å²) in [5.74, 6) is 0.409. The minimum atomic E-state index is 0.144. The van der Waals surface area contributed by atoms with Crippen LogP contribution in [0.2, 0.25) is 0 Å². The van der Waals surface area contributed by atoms with E-state index in [0.29, 0.717) is 12.6 Å². The summed E-state index contributed by atoms with van der Waals surface area (Å²) in [5, 5.41) is 3.39. The highest BCUT2D eigenvalue weighted by atomic mass is 16.2. The van der Waals surface area contributed by atoms with E-state index in [0.717, 1.165) is 19.4 Å². The van der Waals surface area contributed by atoms with Gasteiger partial charge in [0.05, 0.1) is 5.92 Å². The normalized spacial score (nSPS) is 23.1. The second-order valence-electron chi connectivity index (χ2n) is 5.77. The van der Waals surface area contributed by atoms with Crippen molar-refractivity contribution in [2.75, 3.05) is 13.6 Å². The molecular formula is C16H24N2O. The molecule has 2 atom stereocenters. The molecule has 0 spiro atoms. The summed E-state index contributed by atoms with van der Waals surface area (Å²) in [4.78, 5) is 14.2. The van der Waals surface area contributed by atoms with E-state index in [1.165, 1.54) is 11.1 Å². The van der Waals surface area contributed by atoms with Crippen molar-refractivity contribution in [2.45, 2.75) is 39.3 Å². The molecule has 104 valence electrons. The van der Waals surface area contributed by atoms with Crippen molar-refractivity contribution in [3.05, 3.63) is 35.4 Å². The Labute approximate surface area is 116 Å². The van der Waals surface area contributed by atoms with Crippen LogP contribution >= 0.6 is 0 Å². The Bertz CT molecular complexity index is 436. The van der Waals surface area contributed by atoms with Gasteiger partial charge in [0.1, 0.15) is 0 Å². The van der Waals surface area contributed by atoms with Crippen molar-refractivity contribution in [1.82, 2.24) is 10.2 Å². The van der Waals surface area contributed by atoms with Crippen molar-refractivity contribution in [2.24, 2.45) is 5.92 Å². The number of aryl methyl sites for hydroxylation is 1. The minimum Gasteiger partial charge on any atom is -0.341 e. The molecule has 1 aliphatic rings. The van der Waals surface area contributed by atoms with Gasteiger partial charge in [0.25, 0.3) is 0 Å². The van der Waals surface area contributed by atoms with Gasteiger partial charge in [-0.3, -0.25) is 4.79 Å². The van der Waals surface area contributed by atoms with Crippen molar-refractivity contribution < 1.29 is 4.79 Å². The molecule has 1 aromatic rings. The van der Waals surface area contributed by atoms with Crippen LogP contribution in [0.3, 0.4) is 0 Å². The largest absolute Gasteiger partial charge is 0.341 e. The number of benzene rings is 1. The van der Waals surface area contributed by atoms with E-state index in [9.17, 15) is 4.79 Å². The van der Waals surface area contributed by atoms with Crippen LogP contribution in [-0.4, -0.2) is 30.4 Å². The van der Waals surface area contributed by atoms with Crippen LogP contribution in [0.25, 0.3) is 0 Å². The lowest BCUT2D eigenvalue weighted by Crippen LogP contribution is -2.44. The lowest BCUT2D eigenvalue weighted by Gasteiger charge is -2.30. The maximum atomic E-state index is 12.4.